The van der Waals surface area contributed by atoms with E-state index in [-0.39, 0.29) is 12.0 Å². The van der Waals surface area contributed by atoms with Crippen LogP contribution >= 0.6 is 0 Å². The fourth-order valence-corrected chi connectivity index (χ4v) is 3.26. The molecule has 1 fully saturated rings. The Hall–Kier alpha value is -2.31. The van der Waals surface area contributed by atoms with Crippen molar-refractivity contribution in [3.8, 4) is 0 Å². The maximum atomic E-state index is 12.9. The van der Waals surface area contributed by atoms with Crippen molar-refractivity contribution in [1.29, 1.82) is 0 Å². The van der Waals surface area contributed by atoms with Crippen LogP contribution < -0.4 is 28.9 Å². The fraction of sp³-hybridized carbons (Fsp3) is 0.500. The van der Waals surface area contributed by atoms with E-state index in [2.05, 4.69) is 9.98 Å². The predicted octanol–water partition coefficient (Wildman–Crippen LogP) is -7.54. The largest absolute Gasteiger partial charge is 0.502 e. The SMILES string of the molecule is CC1=NC2=Nc3cc[n+](C4O[C@H](CO)[C@@H](O)[C@H]4O)c(=O)n3CC2=CN1C.O.[O-][Cl+3]([O-])([O-])[O-]. The third kappa shape index (κ3) is 5.36. The topological polar surface area (TPSA) is 248 Å². The van der Waals surface area contributed by atoms with Gasteiger partial charge in [-0.3, -0.25) is 0 Å². The second-order valence-electron chi connectivity index (χ2n) is 6.92. The Morgan fingerprint density at radius 3 is 2.44 bits per heavy atom. The minimum Gasteiger partial charge on any atom is -0.412 e. The highest BCUT2D eigenvalue weighted by molar-refractivity contribution is 6.09. The zero-order chi connectivity index (χ0) is 23.1. The molecule has 16 heteroatoms. The number of ether oxygens (including phenoxy) is 1. The molecule has 0 aliphatic carbocycles. The first-order valence-corrected chi connectivity index (χ1v) is 10.1. The molecule has 1 unspecified atom stereocenters. The first kappa shape index (κ1) is 25.9. The van der Waals surface area contributed by atoms with Crippen molar-refractivity contribution in [3.05, 3.63) is 34.5 Å². The monoisotopic (exact) mass is 479 g/mol. The van der Waals surface area contributed by atoms with E-state index in [0.717, 1.165) is 11.4 Å². The van der Waals surface area contributed by atoms with Crippen molar-refractivity contribution in [3.63, 3.8) is 0 Å². The number of rotatable bonds is 2. The Morgan fingerprint density at radius 2 is 1.88 bits per heavy atom. The zero-order valence-corrected chi connectivity index (χ0v) is 17.6. The second-order valence-corrected chi connectivity index (χ2v) is 7.67. The maximum absolute atomic E-state index is 12.9. The molecular weight excluding hydrogens is 458 g/mol. The molecule has 15 nitrogen and oxygen atoms in total. The minimum atomic E-state index is -4.94. The van der Waals surface area contributed by atoms with E-state index in [1.165, 1.54) is 15.3 Å². The third-order valence-corrected chi connectivity index (χ3v) is 4.87. The van der Waals surface area contributed by atoms with Gasteiger partial charge in [-0.1, -0.05) is 0 Å². The van der Waals surface area contributed by atoms with Gasteiger partial charge in [0.2, 0.25) is 12.0 Å². The van der Waals surface area contributed by atoms with Crippen molar-refractivity contribution in [2.24, 2.45) is 9.98 Å². The molecule has 4 heterocycles. The first-order chi connectivity index (χ1) is 14.4. The van der Waals surface area contributed by atoms with E-state index in [1.807, 2.05) is 25.1 Å². The molecule has 3 aliphatic heterocycles. The molecule has 178 valence electrons. The van der Waals surface area contributed by atoms with Gasteiger partial charge >= 0.3 is 5.69 Å². The van der Waals surface area contributed by atoms with Crippen molar-refractivity contribution in [2.75, 3.05) is 13.7 Å². The van der Waals surface area contributed by atoms with Crippen molar-refractivity contribution in [2.45, 2.75) is 38.0 Å². The van der Waals surface area contributed by atoms with Crippen molar-refractivity contribution in [1.82, 2.24) is 9.47 Å². The summed E-state index contributed by atoms with van der Waals surface area (Å²) in [6.45, 7) is 1.70. The molecule has 0 bridgehead atoms. The van der Waals surface area contributed by atoms with Gasteiger partial charge in [0.25, 0.3) is 0 Å². The normalized spacial score (nSPS) is 26.5. The van der Waals surface area contributed by atoms with Crippen LogP contribution in [0.25, 0.3) is 0 Å². The van der Waals surface area contributed by atoms with Crippen LogP contribution in [0, 0.1) is 10.2 Å². The summed E-state index contributed by atoms with van der Waals surface area (Å²) in [5, 5.41) is 29.3. The minimum absolute atomic E-state index is 0. The van der Waals surface area contributed by atoms with Crippen LogP contribution in [0.2, 0.25) is 0 Å². The standard InChI is InChI=1S/C16H20N5O5.ClHO4.H2O/c1-8-17-14-9(5-19(8)2)6-21-11(18-14)3-4-20(16(21)25)15-13(24)12(23)10(7-22)26-15;2-1(3,4)5;/h3-5,10,12-13,15,22-24H,6-7H2,1-2H3;(H,2,3,4,5);1H2/q+1;;/p-1/t10-,12-,13-,15?;;/m1../s1. The van der Waals surface area contributed by atoms with Gasteiger partial charge in [-0.25, -0.2) is 23.6 Å². The summed E-state index contributed by atoms with van der Waals surface area (Å²) in [5.41, 5.74) is 0.363. The third-order valence-electron chi connectivity index (χ3n) is 4.87. The Kier molecular flexibility index (Phi) is 7.84. The van der Waals surface area contributed by atoms with Gasteiger partial charge in [0, 0.05) is 19.3 Å². The number of halogens is 1. The van der Waals surface area contributed by atoms with Crippen LogP contribution in [0.1, 0.15) is 13.2 Å². The molecule has 3 aliphatic rings. The Morgan fingerprint density at radius 1 is 1.25 bits per heavy atom. The highest BCUT2D eigenvalue weighted by Gasteiger charge is 2.47. The number of aliphatic imine (C=N–C) groups is 2. The lowest BCUT2D eigenvalue weighted by Crippen LogP contribution is -2.68. The zero-order valence-electron chi connectivity index (χ0n) is 16.9. The van der Waals surface area contributed by atoms with Gasteiger partial charge in [0.1, 0.15) is 36.9 Å². The number of hydrogen-bond acceptors (Lipinski definition) is 12. The van der Waals surface area contributed by atoms with Gasteiger partial charge in [-0.2, -0.15) is 18.9 Å². The number of aliphatic hydroxyl groups excluding tert-OH is 3. The molecule has 4 atom stereocenters. The number of aliphatic hydroxyl groups is 3. The molecule has 1 aromatic rings. The molecule has 32 heavy (non-hydrogen) atoms. The molecule has 0 spiro atoms. The van der Waals surface area contributed by atoms with E-state index < -0.39 is 47.1 Å². The quantitative estimate of drug-likeness (QED) is 0.338. The molecule has 0 radical (unpaired) electrons. The van der Waals surface area contributed by atoms with Crippen LogP contribution in [-0.2, 0) is 11.3 Å². The number of aromatic nitrogens is 2. The summed E-state index contributed by atoms with van der Waals surface area (Å²) >= 11 is 0. The molecule has 1 saturated heterocycles. The smallest absolute Gasteiger partial charge is 0.412 e. The van der Waals surface area contributed by atoms with Crippen molar-refractivity contribution < 1.29 is 59.0 Å². The number of nitrogens with zero attached hydrogens (tertiary/aromatic N) is 5. The summed E-state index contributed by atoms with van der Waals surface area (Å²) in [6, 6.07) is 1.63. The van der Waals surface area contributed by atoms with Crippen LogP contribution in [-0.4, -0.2) is 73.9 Å². The van der Waals surface area contributed by atoms with Crippen LogP contribution in [0.3, 0.4) is 0 Å². The molecule has 0 amide bonds. The van der Waals surface area contributed by atoms with Crippen LogP contribution in [0.4, 0.5) is 5.82 Å². The average Bonchev–Trinajstić information content (AvgIpc) is 2.95. The van der Waals surface area contributed by atoms with Crippen LogP contribution in [0.15, 0.2) is 38.8 Å². The van der Waals surface area contributed by atoms with Gasteiger partial charge in [-0.15, -0.1) is 10.2 Å². The highest BCUT2D eigenvalue weighted by Crippen LogP contribution is 2.26. The van der Waals surface area contributed by atoms with Crippen molar-refractivity contribution >= 4 is 17.5 Å². The molecule has 4 rings (SSSR count). The Balaban J connectivity index is 0.000000548. The lowest BCUT2D eigenvalue weighted by Gasteiger charge is -2.23. The van der Waals surface area contributed by atoms with Gasteiger partial charge in [0.15, 0.2) is 5.84 Å². The maximum Gasteiger partial charge on any atom is 0.502 e. The summed E-state index contributed by atoms with van der Waals surface area (Å²) in [5.74, 6) is 1.83. The lowest BCUT2D eigenvalue weighted by atomic mass is 10.1. The molecule has 1 aromatic heterocycles. The number of fused-ring (bicyclic) bond motifs is 2. The Labute approximate surface area is 182 Å². The summed E-state index contributed by atoms with van der Waals surface area (Å²) in [7, 11) is -3.08. The molecule has 0 saturated carbocycles. The van der Waals surface area contributed by atoms with E-state index in [4.69, 9.17) is 23.4 Å². The highest BCUT2D eigenvalue weighted by atomic mass is 35.7. The molecule has 5 N–H and O–H groups in total. The molecular formula is C16H22ClN5O10. The lowest BCUT2D eigenvalue weighted by molar-refractivity contribution is -2.00. The van der Waals surface area contributed by atoms with E-state index in [0.29, 0.717) is 11.7 Å². The van der Waals surface area contributed by atoms with E-state index >= 15 is 0 Å². The Bertz CT molecular complexity index is 998. The summed E-state index contributed by atoms with van der Waals surface area (Å²) in [4.78, 5) is 23.6. The van der Waals surface area contributed by atoms with Gasteiger partial charge in [-0.05, 0) is 6.92 Å². The second kappa shape index (κ2) is 9.67. The summed E-state index contributed by atoms with van der Waals surface area (Å²) in [6.07, 6.45) is -1.28. The fourth-order valence-electron chi connectivity index (χ4n) is 3.26. The van der Waals surface area contributed by atoms with Crippen LogP contribution in [0.5, 0.6) is 0 Å². The van der Waals surface area contributed by atoms with E-state index in [9.17, 15) is 20.1 Å². The number of hydrogen-bond donors (Lipinski definition) is 3. The predicted molar refractivity (Wildman–Crippen MR) is 93.6 cm³/mol. The first-order valence-electron chi connectivity index (χ1n) is 8.87. The van der Waals surface area contributed by atoms with Gasteiger partial charge < -0.3 is 30.4 Å². The average molecular weight is 480 g/mol. The molecule has 0 aromatic carbocycles. The van der Waals surface area contributed by atoms with E-state index in [1.54, 1.807) is 6.07 Å². The number of amidine groups is 2. The summed E-state index contributed by atoms with van der Waals surface area (Å²) < 4.78 is 42.1. The van der Waals surface area contributed by atoms with Gasteiger partial charge in [0.05, 0.1) is 12.2 Å².